The zero-order valence-electron chi connectivity index (χ0n) is 15.3. The van der Waals surface area contributed by atoms with Gasteiger partial charge in [-0.1, -0.05) is 39.7 Å². The summed E-state index contributed by atoms with van der Waals surface area (Å²) in [6.07, 6.45) is 0. The number of benzene rings is 2. The Hall–Kier alpha value is -2.90. The van der Waals surface area contributed by atoms with Gasteiger partial charge in [0, 0.05) is 16.1 Å². The normalized spacial score (nSPS) is 12.6. The van der Waals surface area contributed by atoms with Crippen LogP contribution in [0.25, 0.3) is 11.3 Å². The van der Waals surface area contributed by atoms with Crippen LogP contribution in [0.5, 0.6) is 5.75 Å². The zero-order valence-corrected chi connectivity index (χ0v) is 17.6. The van der Waals surface area contributed by atoms with Gasteiger partial charge in [0.25, 0.3) is 11.8 Å². The molecule has 4 rings (SSSR count). The molecular weight excluding hydrogens is 458 g/mol. The SMILES string of the molecule is Cc1nc(-c2cccc(Br)c2)ccc1C(=O)Nc1cc2c(cc1Cl)NC(=O)CO2. The molecule has 0 atom stereocenters. The molecule has 0 saturated heterocycles. The number of nitrogens with one attached hydrogen (secondary N) is 2. The lowest BCUT2D eigenvalue weighted by molar-refractivity contribution is -0.118. The summed E-state index contributed by atoms with van der Waals surface area (Å²) in [5.41, 5.74) is 3.62. The van der Waals surface area contributed by atoms with Gasteiger partial charge in [-0.15, -0.1) is 0 Å². The molecule has 0 unspecified atom stereocenters. The highest BCUT2D eigenvalue weighted by Crippen LogP contribution is 2.36. The van der Waals surface area contributed by atoms with Crippen molar-refractivity contribution < 1.29 is 14.3 Å². The first kappa shape index (κ1) is 19.4. The van der Waals surface area contributed by atoms with Gasteiger partial charge in [-0.3, -0.25) is 14.6 Å². The maximum atomic E-state index is 12.8. The van der Waals surface area contributed by atoms with E-state index in [9.17, 15) is 9.59 Å². The van der Waals surface area contributed by atoms with Crippen LogP contribution >= 0.6 is 27.5 Å². The lowest BCUT2D eigenvalue weighted by Gasteiger charge is -2.19. The first-order valence-corrected chi connectivity index (χ1v) is 9.89. The Morgan fingerprint density at radius 2 is 2.07 bits per heavy atom. The van der Waals surface area contributed by atoms with E-state index in [0.29, 0.717) is 33.4 Å². The molecule has 0 radical (unpaired) electrons. The van der Waals surface area contributed by atoms with Crippen LogP contribution in [0.1, 0.15) is 16.1 Å². The number of carbonyl (C=O) groups excluding carboxylic acids is 2. The van der Waals surface area contributed by atoms with Crippen molar-refractivity contribution in [2.24, 2.45) is 0 Å². The summed E-state index contributed by atoms with van der Waals surface area (Å²) in [5.74, 6) is -0.140. The van der Waals surface area contributed by atoms with Crippen molar-refractivity contribution in [3.63, 3.8) is 0 Å². The summed E-state index contributed by atoms with van der Waals surface area (Å²) in [7, 11) is 0. The van der Waals surface area contributed by atoms with E-state index in [1.54, 1.807) is 31.2 Å². The molecule has 1 aliphatic heterocycles. The molecule has 1 aliphatic rings. The Bertz CT molecular complexity index is 1150. The molecule has 3 aromatic rings. The molecule has 0 bridgehead atoms. The molecule has 0 fully saturated rings. The minimum atomic E-state index is -0.336. The molecule has 0 saturated carbocycles. The molecule has 8 heteroatoms. The average Bonchev–Trinajstić information content (AvgIpc) is 2.68. The van der Waals surface area contributed by atoms with E-state index >= 15 is 0 Å². The number of ether oxygens (including phenoxy) is 1. The number of pyridine rings is 1. The summed E-state index contributed by atoms with van der Waals surface area (Å²) >= 11 is 9.71. The van der Waals surface area contributed by atoms with Gasteiger partial charge in [0.1, 0.15) is 5.75 Å². The number of fused-ring (bicyclic) bond motifs is 1. The highest BCUT2D eigenvalue weighted by Gasteiger charge is 2.20. The fourth-order valence-electron chi connectivity index (χ4n) is 3.00. The number of hydrogen-bond acceptors (Lipinski definition) is 4. The fraction of sp³-hybridized carbons (Fsp3) is 0.0952. The smallest absolute Gasteiger partial charge is 0.262 e. The molecule has 29 heavy (non-hydrogen) atoms. The molecule has 0 spiro atoms. The number of halogens is 2. The minimum Gasteiger partial charge on any atom is -0.482 e. The lowest BCUT2D eigenvalue weighted by atomic mass is 10.1. The second kappa shape index (κ2) is 7.85. The molecule has 2 N–H and O–H groups in total. The van der Waals surface area contributed by atoms with Gasteiger partial charge in [-0.05, 0) is 37.3 Å². The topological polar surface area (TPSA) is 80.3 Å². The van der Waals surface area contributed by atoms with Crippen LogP contribution in [-0.2, 0) is 4.79 Å². The van der Waals surface area contributed by atoms with Gasteiger partial charge in [-0.2, -0.15) is 0 Å². The third-order valence-corrected chi connectivity index (χ3v) is 5.21. The van der Waals surface area contributed by atoms with E-state index in [-0.39, 0.29) is 18.4 Å². The number of amides is 2. The average molecular weight is 473 g/mol. The number of carbonyl (C=O) groups is 2. The number of aromatic nitrogens is 1. The van der Waals surface area contributed by atoms with E-state index < -0.39 is 0 Å². The van der Waals surface area contributed by atoms with Crippen LogP contribution in [0.4, 0.5) is 11.4 Å². The highest BCUT2D eigenvalue weighted by molar-refractivity contribution is 9.10. The van der Waals surface area contributed by atoms with Crippen molar-refractivity contribution >= 4 is 50.7 Å². The molecule has 2 amide bonds. The number of hydrogen-bond donors (Lipinski definition) is 2. The Labute approximate surface area is 180 Å². The third kappa shape index (κ3) is 4.11. The van der Waals surface area contributed by atoms with E-state index in [1.165, 1.54) is 0 Å². The monoisotopic (exact) mass is 471 g/mol. The van der Waals surface area contributed by atoms with Crippen LogP contribution in [-0.4, -0.2) is 23.4 Å². The van der Waals surface area contributed by atoms with Crippen molar-refractivity contribution in [2.75, 3.05) is 17.2 Å². The molecule has 1 aromatic heterocycles. The quantitative estimate of drug-likeness (QED) is 0.559. The molecule has 6 nitrogen and oxygen atoms in total. The Morgan fingerprint density at radius 1 is 1.24 bits per heavy atom. The highest BCUT2D eigenvalue weighted by atomic mass is 79.9. The fourth-order valence-corrected chi connectivity index (χ4v) is 3.61. The standard InChI is InChI=1S/C21H15BrClN3O3/c1-11-14(5-6-16(24-11)12-3-2-4-13(22)7-12)21(28)26-17-9-19-18(8-15(17)23)25-20(27)10-29-19/h2-9H,10H2,1H3,(H,25,27)(H,26,28). The molecular formula is C21H15BrClN3O3. The summed E-state index contributed by atoms with van der Waals surface area (Å²) in [4.78, 5) is 28.8. The molecule has 0 aliphatic carbocycles. The van der Waals surface area contributed by atoms with Gasteiger partial charge in [0.2, 0.25) is 0 Å². The summed E-state index contributed by atoms with van der Waals surface area (Å²) in [6, 6.07) is 14.5. The van der Waals surface area contributed by atoms with Gasteiger partial charge < -0.3 is 15.4 Å². The first-order valence-electron chi connectivity index (χ1n) is 8.72. The van der Waals surface area contributed by atoms with Gasteiger partial charge in [0.15, 0.2) is 6.61 Å². The minimum absolute atomic E-state index is 0.0812. The number of anilines is 2. The van der Waals surface area contributed by atoms with Crippen molar-refractivity contribution in [1.29, 1.82) is 0 Å². The van der Waals surface area contributed by atoms with E-state index in [0.717, 1.165) is 15.7 Å². The molecule has 2 heterocycles. The second-order valence-electron chi connectivity index (χ2n) is 6.46. The van der Waals surface area contributed by atoms with E-state index in [1.807, 2.05) is 24.3 Å². The maximum absolute atomic E-state index is 12.8. The maximum Gasteiger partial charge on any atom is 0.262 e. The van der Waals surface area contributed by atoms with Crippen molar-refractivity contribution in [3.8, 4) is 17.0 Å². The first-order chi connectivity index (χ1) is 13.9. The summed E-state index contributed by atoms with van der Waals surface area (Å²) < 4.78 is 6.33. The van der Waals surface area contributed by atoms with Gasteiger partial charge in [-0.25, -0.2) is 0 Å². The Kier molecular flexibility index (Phi) is 5.25. The number of aryl methyl sites for hydroxylation is 1. The predicted octanol–water partition coefficient (Wildman–Crippen LogP) is 5.06. The molecule has 2 aromatic carbocycles. The van der Waals surface area contributed by atoms with Gasteiger partial charge >= 0.3 is 0 Å². The zero-order chi connectivity index (χ0) is 20.5. The van der Waals surface area contributed by atoms with Crippen molar-refractivity contribution in [3.05, 3.63) is 69.3 Å². The third-order valence-electron chi connectivity index (χ3n) is 4.40. The number of nitrogens with zero attached hydrogens (tertiary/aromatic N) is 1. The predicted molar refractivity (Wildman–Crippen MR) is 116 cm³/mol. The summed E-state index contributed by atoms with van der Waals surface area (Å²) in [5, 5.41) is 5.75. The number of rotatable bonds is 3. The van der Waals surface area contributed by atoms with Crippen LogP contribution in [0.3, 0.4) is 0 Å². The molecule has 146 valence electrons. The largest absolute Gasteiger partial charge is 0.482 e. The van der Waals surface area contributed by atoms with Gasteiger partial charge in [0.05, 0.1) is 33.3 Å². The van der Waals surface area contributed by atoms with Crippen LogP contribution in [0.2, 0.25) is 5.02 Å². The van der Waals surface area contributed by atoms with Crippen molar-refractivity contribution in [1.82, 2.24) is 4.98 Å². The summed E-state index contributed by atoms with van der Waals surface area (Å²) in [6.45, 7) is 1.70. The van der Waals surface area contributed by atoms with E-state index in [2.05, 4.69) is 31.5 Å². The van der Waals surface area contributed by atoms with E-state index in [4.69, 9.17) is 16.3 Å². The Balaban J connectivity index is 1.58. The second-order valence-corrected chi connectivity index (χ2v) is 7.78. The Morgan fingerprint density at radius 3 is 2.83 bits per heavy atom. The lowest BCUT2D eigenvalue weighted by Crippen LogP contribution is -2.25. The van der Waals surface area contributed by atoms with Crippen LogP contribution in [0.15, 0.2) is 53.0 Å². The van der Waals surface area contributed by atoms with Crippen LogP contribution < -0.4 is 15.4 Å². The van der Waals surface area contributed by atoms with Crippen molar-refractivity contribution in [2.45, 2.75) is 6.92 Å². The van der Waals surface area contributed by atoms with Crippen LogP contribution in [0, 0.1) is 6.92 Å².